The lowest BCUT2D eigenvalue weighted by atomic mass is 10.0. The van der Waals surface area contributed by atoms with E-state index in [1.54, 1.807) is 0 Å². The summed E-state index contributed by atoms with van der Waals surface area (Å²) in [5.41, 5.74) is 0. The Morgan fingerprint density at radius 1 is 1.67 bits per heavy atom. The van der Waals surface area contributed by atoms with Crippen LogP contribution in [-0.2, 0) is 4.74 Å². The molecular weight excluding hydrogens is 121 g/mol. The van der Waals surface area contributed by atoms with Crippen LogP contribution in [0.2, 0.25) is 0 Å². The second-order valence-electron chi connectivity index (χ2n) is 2.12. The fourth-order valence-electron chi connectivity index (χ4n) is 0.849. The molecule has 0 saturated carbocycles. The molecular formula is C6H8FNO. The Bertz CT molecular complexity index is 132. The molecule has 0 aliphatic carbocycles. The first-order valence-electron chi connectivity index (χ1n) is 2.96. The molecule has 1 fully saturated rings. The van der Waals surface area contributed by atoms with E-state index in [4.69, 9.17) is 10.00 Å². The summed E-state index contributed by atoms with van der Waals surface area (Å²) in [6.07, 6.45) is -0.527. The van der Waals surface area contributed by atoms with Gasteiger partial charge < -0.3 is 4.74 Å². The summed E-state index contributed by atoms with van der Waals surface area (Å²) >= 11 is 0. The van der Waals surface area contributed by atoms with Crippen molar-refractivity contribution in [3.63, 3.8) is 0 Å². The van der Waals surface area contributed by atoms with E-state index < -0.39 is 12.1 Å². The first-order chi connectivity index (χ1) is 4.34. The number of halogens is 1. The molecule has 1 rings (SSSR count). The lowest BCUT2D eigenvalue weighted by molar-refractivity contribution is 0.0151. The number of nitrogens with zero attached hydrogens (tertiary/aromatic N) is 1. The monoisotopic (exact) mass is 129 g/mol. The van der Waals surface area contributed by atoms with E-state index in [9.17, 15) is 4.39 Å². The third-order valence-corrected chi connectivity index (χ3v) is 1.45. The Labute approximate surface area is 53.2 Å². The largest absolute Gasteiger partial charge is 0.378 e. The summed E-state index contributed by atoms with van der Waals surface area (Å²) in [5, 5.41) is 8.32. The highest BCUT2D eigenvalue weighted by atomic mass is 19.1. The van der Waals surface area contributed by atoms with Crippen molar-refractivity contribution in [2.75, 3.05) is 13.2 Å². The van der Waals surface area contributed by atoms with Crippen LogP contribution in [0.3, 0.4) is 0 Å². The third kappa shape index (κ3) is 1.39. The van der Waals surface area contributed by atoms with Gasteiger partial charge in [0, 0.05) is 6.61 Å². The summed E-state index contributed by atoms with van der Waals surface area (Å²) in [7, 11) is 0. The van der Waals surface area contributed by atoms with Crippen LogP contribution < -0.4 is 0 Å². The Morgan fingerprint density at radius 3 is 2.89 bits per heavy atom. The van der Waals surface area contributed by atoms with Crippen molar-refractivity contribution < 1.29 is 9.13 Å². The molecule has 0 aromatic rings. The van der Waals surface area contributed by atoms with Gasteiger partial charge in [0.25, 0.3) is 0 Å². The van der Waals surface area contributed by atoms with Gasteiger partial charge in [-0.3, -0.25) is 0 Å². The molecule has 0 bridgehead atoms. The van der Waals surface area contributed by atoms with Crippen LogP contribution >= 0.6 is 0 Å². The molecule has 0 aromatic carbocycles. The highest BCUT2D eigenvalue weighted by Crippen LogP contribution is 2.16. The number of nitriles is 1. The van der Waals surface area contributed by atoms with Crippen LogP contribution in [0.15, 0.2) is 0 Å². The van der Waals surface area contributed by atoms with Crippen molar-refractivity contribution in [2.24, 2.45) is 5.92 Å². The van der Waals surface area contributed by atoms with E-state index in [2.05, 4.69) is 0 Å². The van der Waals surface area contributed by atoms with Crippen molar-refractivity contribution in [1.29, 1.82) is 5.26 Å². The molecule has 3 heteroatoms. The van der Waals surface area contributed by atoms with Gasteiger partial charge in [-0.15, -0.1) is 0 Å². The van der Waals surface area contributed by atoms with Crippen molar-refractivity contribution >= 4 is 0 Å². The Kier molecular flexibility index (Phi) is 2.01. The van der Waals surface area contributed by atoms with Crippen LogP contribution in [0.25, 0.3) is 0 Å². The molecule has 1 aliphatic rings. The average Bonchev–Trinajstić information content (AvgIpc) is 1.89. The zero-order valence-corrected chi connectivity index (χ0v) is 5.01. The Morgan fingerprint density at radius 2 is 2.44 bits per heavy atom. The maximum atomic E-state index is 12.5. The van der Waals surface area contributed by atoms with E-state index in [0.717, 1.165) is 0 Å². The van der Waals surface area contributed by atoms with Crippen LogP contribution in [0, 0.1) is 17.2 Å². The lowest BCUT2D eigenvalue weighted by Crippen LogP contribution is -2.27. The lowest BCUT2D eigenvalue weighted by Gasteiger charge is -2.19. The molecule has 1 saturated heterocycles. The van der Waals surface area contributed by atoms with E-state index in [1.165, 1.54) is 0 Å². The van der Waals surface area contributed by atoms with Gasteiger partial charge in [-0.2, -0.15) is 5.26 Å². The molecule has 9 heavy (non-hydrogen) atoms. The van der Waals surface area contributed by atoms with Gasteiger partial charge >= 0.3 is 0 Å². The molecule has 50 valence electrons. The minimum atomic E-state index is -1.07. The van der Waals surface area contributed by atoms with Crippen molar-refractivity contribution in [2.45, 2.75) is 12.6 Å². The van der Waals surface area contributed by atoms with E-state index >= 15 is 0 Å². The molecule has 0 N–H and O–H groups in total. The fourth-order valence-corrected chi connectivity index (χ4v) is 0.849. The molecule has 1 heterocycles. The second kappa shape index (κ2) is 2.79. The molecule has 0 radical (unpaired) electrons. The molecule has 0 aromatic heterocycles. The minimum absolute atomic E-state index is 0.0955. The number of rotatable bonds is 0. The first kappa shape index (κ1) is 6.50. The van der Waals surface area contributed by atoms with E-state index in [0.29, 0.717) is 13.0 Å². The fraction of sp³-hybridized carbons (Fsp3) is 0.833. The molecule has 2 atom stereocenters. The SMILES string of the molecule is N#C[C@H]1CCOC[C@H]1F. The average molecular weight is 129 g/mol. The Hall–Kier alpha value is -0.620. The van der Waals surface area contributed by atoms with Crippen molar-refractivity contribution in [3.8, 4) is 6.07 Å². The van der Waals surface area contributed by atoms with Gasteiger partial charge in [-0.25, -0.2) is 4.39 Å². The summed E-state index contributed by atoms with van der Waals surface area (Å²) in [6, 6.07) is 1.90. The normalized spacial score (nSPS) is 35.6. The highest BCUT2D eigenvalue weighted by molar-refractivity contribution is 4.90. The van der Waals surface area contributed by atoms with Crippen LogP contribution in [0.1, 0.15) is 6.42 Å². The first-order valence-corrected chi connectivity index (χ1v) is 2.96. The van der Waals surface area contributed by atoms with Crippen LogP contribution in [0.5, 0.6) is 0 Å². The quantitative estimate of drug-likeness (QED) is 0.486. The number of hydrogen-bond donors (Lipinski definition) is 0. The summed E-state index contributed by atoms with van der Waals surface area (Å²) < 4.78 is 17.3. The topological polar surface area (TPSA) is 33.0 Å². The van der Waals surface area contributed by atoms with Crippen molar-refractivity contribution in [1.82, 2.24) is 0 Å². The van der Waals surface area contributed by atoms with Gasteiger partial charge in [-0.05, 0) is 6.42 Å². The number of hydrogen-bond acceptors (Lipinski definition) is 2. The Balaban J connectivity index is 2.41. The number of ether oxygens (including phenoxy) is 1. The summed E-state index contributed by atoms with van der Waals surface area (Å²) in [4.78, 5) is 0. The maximum absolute atomic E-state index is 12.5. The highest BCUT2D eigenvalue weighted by Gasteiger charge is 2.24. The molecule has 0 amide bonds. The summed E-state index contributed by atoms with van der Waals surface area (Å²) in [5.74, 6) is -0.432. The number of alkyl halides is 1. The molecule has 2 nitrogen and oxygen atoms in total. The predicted octanol–water partition coefficient (Wildman–Crippen LogP) is 0.885. The zero-order chi connectivity index (χ0) is 6.69. The minimum Gasteiger partial charge on any atom is -0.378 e. The van der Waals surface area contributed by atoms with E-state index in [-0.39, 0.29) is 6.61 Å². The second-order valence-corrected chi connectivity index (χ2v) is 2.12. The van der Waals surface area contributed by atoms with Crippen LogP contribution in [0.4, 0.5) is 4.39 Å². The predicted molar refractivity (Wildman–Crippen MR) is 29.4 cm³/mol. The van der Waals surface area contributed by atoms with Crippen LogP contribution in [-0.4, -0.2) is 19.4 Å². The molecule has 0 unspecified atom stereocenters. The van der Waals surface area contributed by atoms with Crippen molar-refractivity contribution in [3.05, 3.63) is 0 Å². The zero-order valence-electron chi connectivity index (χ0n) is 5.01. The summed E-state index contributed by atoms with van der Waals surface area (Å²) in [6.45, 7) is 0.622. The van der Waals surface area contributed by atoms with Gasteiger partial charge in [0.05, 0.1) is 18.6 Å². The molecule has 0 spiro atoms. The van der Waals surface area contributed by atoms with Gasteiger partial charge in [0.2, 0.25) is 0 Å². The van der Waals surface area contributed by atoms with Gasteiger partial charge in [0.1, 0.15) is 6.17 Å². The smallest absolute Gasteiger partial charge is 0.139 e. The molecule has 1 aliphatic heterocycles. The van der Waals surface area contributed by atoms with Gasteiger partial charge in [-0.1, -0.05) is 0 Å². The maximum Gasteiger partial charge on any atom is 0.139 e. The van der Waals surface area contributed by atoms with E-state index in [1.807, 2.05) is 6.07 Å². The third-order valence-electron chi connectivity index (χ3n) is 1.45. The van der Waals surface area contributed by atoms with Gasteiger partial charge in [0.15, 0.2) is 0 Å². The standard InChI is InChI=1S/C6H8FNO/c7-6-4-9-2-1-5(6)3-8/h5-6H,1-2,4H2/t5-,6-/m1/s1.